The smallest absolute Gasteiger partial charge is 0.267 e. The summed E-state index contributed by atoms with van der Waals surface area (Å²) < 4.78 is 6.34. The first-order valence-electron chi connectivity index (χ1n) is 9.51. The van der Waals surface area contributed by atoms with Crippen molar-refractivity contribution < 1.29 is 9.53 Å². The Morgan fingerprint density at radius 1 is 1.07 bits per heavy atom. The molecule has 0 bridgehead atoms. The molecular weight excluding hydrogens is 366 g/mol. The van der Waals surface area contributed by atoms with E-state index < -0.39 is 0 Å². The number of carbonyl (C=O) groups excluding carboxylic acids is 1. The number of ether oxygens (including phenoxy) is 1. The fourth-order valence-corrected chi connectivity index (χ4v) is 3.05. The van der Waals surface area contributed by atoms with Gasteiger partial charge in [-0.2, -0.15) is 5.10 Å². The Labute approximate surface area is 170 Å². The van der Waals surface area contributed by atoms with Crippen molar-refractivity contribution in [1.82, 2.24) is 15.1 Å². The first kappa shape index (κ1) is 20.3. The summed E-state index contributed by atoms with van der Waals surface area (Å²) in [5.41, 5.74) is 4.61. The summed E-state index contributed by atoms with van der Waals surface area (Å²) in [4.78, 5) is 24.4. The number of amides is 1. The predicted molar refractivity (Wildman–Crippen MR) is 113 cm³/mol. The average molecular weight is 391 g/mol. The molecule has 0 aliphatic heterocycles. The van der Waals surface area contributed by atoms with Crippen LogP contribution in [0.3, 0.4) is 0 Å². The second-order valence-electron chi connectivity index (χ2n) is 6.98. The maximum absolute atomic E-state index is 12.3. The van der Waals surface area contributed by atoms with Gasteiger partial charge >= 0.3 is 0 Å². The molecule has 0 saturated heterocycles. The number of carbonyl (C=O) groups is 1. The van der Waals surface area contributed by atoms with Crippen LogP contribution >= 0.6 is 0 Å². The first-order valence-corrected chi connectivity index (χ1v) is 9.51. The molecule has 1 amide bonds. The van der Waals surface area contributed by atoms with Gasteiger partial charge in [-0.25, -0.2) is 4.68 Å². The molecule has 0 saturated carbocycles. The predicted octanol–water partition coefficient (Wildman–Crippen LogP) is 2.89. The Morgan fingerprint density at radius 2 is 1.83 bits per heavy atom. The number of nitrogens with zero attached hydrogens (tertiary/aromatic N) is 2. The van der Waals surface area contributed by atoms with Crippen molar-refractivity contribution in [3.05, 3.63) is 81.6 Å². The standard InChI is InChI=1S/C23H25N3O3/c1-16-4-5-17(2)20(14-16)21-10-11-23(28)26(25-21)15-22(27)24-13-12-18-6-8-19(29-3)9-7-18/h4-11,14H,12-13,15H2,1-3H3,(H,24,27). The first-order chi connectivity index (χ1) is 14.0. The van der Waals surface area contributed by atoms with Gasteiger partial charge in [0.05, 0.1) is 12.8 Å². The molecule has 1 heterocycles. The van der Waals surface area contributed by atoms with E-state index in [9.17, 15) is 9.59 Å². The van der Waals surface area contributed by atoms with Gasteiger partial charge in [0.1, 0.15) is 12.3 Å². The van der Waals surface area contributed by atoms with E-state index in [4.69, 9.17) is 4.74 Å². The molecule has 1 aromatic heterocycles. The second-order valence-corrected chi connectivity index (χ2v) is 6.98. The Hall–Kier alpha value is -3.41. The van der Waals surface area contributed by atoms with Crippen LogP contribution in [-0.4, -0.2) is 29.3 Å². The van der Waals surface area contributed by atoms with Gasteiger partial charge in [0.15, 0.2) is 0 Å². The number of methoxy groups -OCH3 is 1. The average Bonchev–Trinajstić information content (AvgIpc) is 2.72. The molecular formula is C23H25N3O3. The summed E-state index contributed by atoms with van der Waals surface area (Å²) in [5, 5.41) is 7.24. The summed E-state index contributed by atoms with van der Waals surface area (Å²) in [6.45, 7) is 4.38. The van der Waals surface area contributed by atoms with Crippen LogP contribution in [0, 0.1) is 13.8 Å². The van der Waals surface area contributed by atoms with E-state index in [1.807, 2.05) is 56.3 Å². The van der Waals surface area contributed by atoms with Crippen LogP contribution < -0.4 is 15.6 Å². The molecule has 150 valence electrons. The minimum Gasteiger partial charge on any atom is -0.497 e. The normalized spacial score (nSPS) is 10.6. The number of benzene rings is 2. The van der Waals surface area contributed by atoms with Gasteiger partial charge in [0.25, 0.3) is 5.56 Å². The number of aryl methyl sites for hydroxylation is 2. The zero-order valence-electron chi connectivity index (χ0n) is 16.9. The number of hydrogen-bond donors (Lipinski definition) is 1. The molecule has 0 spiro atoms. The lowest BCUT2D eigenvalue weighted by Crippen LogP contribution is -2.34. The van der Waals surface area contributed by atoms with Crippen molar-refractivity contribution in [3.63, 3.8) is 0 Å². The van der Waals surface area contributed by atoms with Crippen molar-refractivity contribution in [1.29, 1.82) is 0 Å². The van der Waals surface area contributed by atoms with Gasteiger partial charge in [-0.1, -0.05) is 29.8 Å². The minimum atomic E-state index is -0.302. The van der Waals surface area contributed by atoms with E-state index in [0.29, 0.717) is 18.7 Å². The van der Waals surface area contributed by atoms with E-state index in [0.717, 1.165) is 28.0 Å². The summed E-state index contributed by atoms with van der Waals surface area (Å²) in [6.07, 6.45) is 0.695. The van der Waals surface area contributed by atoms with E-state index in [1.54, 1.807) is 13.2 Å². The fourth-order valence-electron chi connectivity index (χ4n) is 3.05. The van der Waals surface area contributed by atoms with Crippen molar-refractivity contribution in [3.8, 4) is 17.0 Å². The number of aromatic nitrogens is 2. The van der Waals surface area contributed by atoms with Crippen LogP contribution in [0.25, 0.3) is 11.3 Å². The third kappa shape index (κ3) is 5.31. The Morgan fingerprint density at radius 3 is 2.55 bits per heavy atom. The second kappa shape index (κ2) is 9.19. The molecule has 0 atom stereocenters. The molecule has 0 fully saturated rings. The Kier molecular flexibility index (Phi) is 6.44. The highest BCUT2D eigenvalue weighted by molar-refractivity contribution is 5.75. The van der Waals surface area contributed by atoms with Crippen LogP contribution in [0.5, 0.6) is 5.75 Å². The molecule has 0 aliphatic carbocycles. The third-order valence-corrected chi connectivity index (χ3v) is 4.72. The van der Waals surface area contributed by atoms with Crippen molar-refractivity contribution in [2.24, 2.45) is 0 Å². The molecule has 3 rings (SSSR count). The van der Waals surface area contributed by atoms with Crippen LogP contribution in [0.1, 0.15) is 16.7 Å². The van der Waals surface area contributed by atoms with E-state index in [-0.39, 0.29) is 18.0 Å². The number of nitrogens with one attached hydrogen (secondary N) is 1. The number of rotatable bonds is 7. The summed E-state index contributed by atoms with van der Waals surface area (Å²) in [7, 11) is 1.63. The zero-order chi connectivity index (χ0) is 20.8. The quantitative estimate of drug-likeness (QED) is 0.672. The van der Waals surface area contributed by atoms with Gasteiger partial charge in [-0.05, 0) is 55.7 Å². The van der Waals surface area contributed by atoms with Gasteiger partial charge in [0, 0.05) is 18.2 Å². The highest BCUT2D eigenvalue weighted by Gasteiger charge is 2.09. The van der Waals surface area contributed by atoms with Crippen LogP contribution in [0.2, 0.25) is 0 Å². The molecule has 3 aromatic rings. The summed E-state index contributed by atoms with van der Waals surface area (Å²) >= 11 is 0. The van der Waals surface area contributed by atoms with Crippen LogP contribution in [0.15, 0.2) is 59.4 Å². The van der Waals surface area contributed by atoms with Crippen LogP contribution in [0.4, 0.5) is 0 Å². The molecule has 1 N–H and O–H groups in total. The molecule has 6 heteroatoms. The van der Waals surface area contributed by atoms with Crippen LogP contribution in [-0.2, 0) is 17.8 Å². The van der Waals surface area contributed by atoms with Crippen molar-refractivity contribution >= 4 is 5.91 Å². The molecule has 0 unspecified atom stereocenters. The zero-order valence-corrected chi connectivity index (χ0v) is 16.9. The van der Waals surface area contributed by atoms with E-state index >= 15 is 0 Å². The maximum Gasteiger partial charge on any atom is 0.267 e. The number of hydrogen-bond acceptors (Lipinski definition) is 4. The Bertz CT molecular complexity index is 1060. The highest BCUT2D eigenvalue weighted by Crippen LogP contribution is 2.21. The Balaban J connectivity index is 1.63. The largest absolute Gasteiger partial charge is 0.497 e. The SMILES string of the molecule is COc1ccc(CCNC(=O)Cn2nc(-c3cc(C)ccc3C)ccc2=O)cc1. The highest BCUT2D eigenvalue weighted by atomic mass is 16.5. The molecule has 6 nitrogen and oxygen atoms in total. The van der Waals surface area contributed by atoms with Gasteiger partial charge < -0.3 is 10.1 Å². The lowest BCUT2D eigenvalue weighted by molar-refractivity contribution is -0.121. The molecule has 0 aliphatic rings. The van der Waals surface area contributed by atoms with E-state index in [1.165, 1.54) is 10.7 Å². The lowest BCUT2D eigenvalue weighted by atomic mass is 10.0. The molecule has 0 radical (unpaired) electrons. The fraction of sp³-hybridized carbons (Fsp3) is 0.261. The molecule has 2 aromatic carbocycles. The van der Waals surface area contributed by atoms with Gasteiger partial charge in [-0.3, -0.25) is 9.59 Å². The lowest BCUT2D eigenvalue weighted by Gasteiger charge is -2.10. The van der Waals surface area contributed by atoms with Crippen molar-refractivity contribution in [2.75, 3.05) is 13.7 Å². The maximum atomic E-state index is 12.3. The summed E-state index contributed by atoms with van der Waals surface area (Å²) in [5.74, 6) is 0.554. The topological polar surface area (TPSA) is 73.2 Å². The third-order valence-electron chi connectivity index (χ3n) is 4.72. The van der Waals surface area contributed by atoms with E-state index in [2.05, 4.69) is 10.4 Å². The minimum absolute atomic E-state index is 0.111. The monoisotopic (exact) mass is 391 g/mol. The van der Waals surface area contributed by atoms with Gasteiger partial charge in [0.2, 0.25) is 5.91 Å². The van der Waals surface area contributed by atoms with Gasteiger partial charge in [-0.15, -0.1) is 0 Å². The van der Waals surface area contributed by atoms with Crippen molar-refractivity contribution in [2.45, 2.75) is 26.8 Å². The molecule has 29 heavy (non-hydrogen) atoms. The summed E-state index contributed by atoms with van der Waals surface area (Å²) in [6, 6.07) is 16.9.